The number of rotatable bonds is 4. The van der Waals surface area contributed by atoms with Gasteiger partial charge in [-0.1, -0.05) is 20.8 Å². The quantitative estimate of drug-likeness (QED) is 0.747. The van der Waals surface area contributed by atoms with Gasteiger partial charge >= 0.3 is 0 Å². The van der Waals surface area contributed by atoms with E-state index in [1.807, 2.05) is 0 Å². The molecule has 1 fully saturated rings. The van der Waals surface area contributed by atoms with Crippen LogP contribution in [0.25, 0.3) is 0 Å². The Labute approximate surface area is 101 Å². The van der Waals surface area contributed by atoms with Gasteiger partial charge in [0.1, 0.15) is 0 Å². The highest BCUT2D eigenvalue weighted by Gasteiger charge is 2.26. The number of nitrogens with zero attached hydrogens (tertiary/aromatic N) is 1. The lowest BCUT2D eigenvalue weighted by Crippen LogP contribution is -2.27. The molecule has 2 nitrogen and oxygen atoms in total. The van der Waals surface area contributed by atoms with Crippen molar-refractivity contribution in [2.75, 3.05) is 26.2 Å². The Morgan fingerprint density at radius 3 is 2.50 bits per heavy atom. The van der Waals surface area contributed by atoms with Gasteiger partial charge in [0.25, 0.3) is 0 Å². The first-order valence-corrected chi connectivity index (χ1v) is 6.87. The lowest BCUT2D eigenvalue weighted by Gasteiger charge is -2.29. The third kappa shape index (κ3) is 4.84. The fourth-order valence-electron chi connectivity index (χ4n) is 2.69. The Hall–Kier alpha value is -0.0800. The zero-order valence-corrected chi connectivity index (χ0v) is 11.3. The van der Waals surface area contributed by atoms with Crippen LogP contribution in [0.4, 0.5) is 0 Å². The number of aliphatic hydroxyl groups excluding tert-OH is 1. The van der Waals surface area contributed by atoms with Gasteiger partial charge in [-0.15, -0.1) is 0 Å². The van der Waals surface area contributed by atoms with Gasteiger partial charge in [-0.25, -0.2) is 0 Å². The molecule has 1 aliphatic rings. The van der Waals surface area contributed by atoms with Crippen LogP contribution < -0.4 is 0 Å². The monoisotopic (exact) mass is 227 g/mol. The van der Waals surface area contributed by atoms with Crippen molar-refractivity contribution in [1.29, 1.82) is 0 Å². The Morgan fingerprint density at radius 2 is 1.88 bits per heavy atom. The number of likely N-dealkylation sites (tertiary alicyclic amines) is 1. The van der Waals surface area contributed by atoms with E-state index in [9.17, 15) is 0 Å². The van der Waals surface area contributed by atoms with E-state index in [0.717, 1.165) is 18.8 Å². The standard InChI is InChI=1S/C14H29NO/c1-14(2,3)13-7-6-10-15(11-8-13)9-4-5-12-16/h13,16H,4-12H2,1-3H3. The minimum absolute atomic E-state index is 0.346. The first-order valence-electron chi connectivity index (χ1n) is 6.87. The molecule has 0 amide bonds. The largest absolute Gasteiger partial charge is 0.396 e. The van der Waals surface area contributed by atoms with Gasteiger partial charge in [-0.2, -0.15) is 0 Å². The van der Waals surface area contributed by atoms with Crippen LogP contribution in [0.5, 0.6) is 0 Å². The SMILES string of the molecule is CC(C)(C)C1CCCN(CCCCO)CC1. The molecule has 0 aromatic rings. The molecule has 0 bridgehead atoms. The van der Waals surface area contributed by atoms with Gasteiger partial charge in [0, 0.05) is 6.61 Å². The highest BCUT2D eigenvalue weighted by atomic mass is 16.2. The molecule has 0 saturated carbocycles. The zero-order valence-electron chi connectivity index (χ0n) is 11.3. The maximum absolute atomic E-state index is 8.78. The highest BCUT2D eigenvalue weighted by molar-refractivity contribution is 4.78. The molecule has 0 spiro atoms. The van der Waals surface area contributed by atoms with E-state index in [4.69, 9.17) is 5.11 Å². The molecule has 1 heterocycles. The summed E-state index contributed by atoms with van der Waals surface area (Å²) in [6.45, 7) is 11.2. The summed E-state index contributed by atoms with van der Waals surface area (Å²) in [6, 6.07) is 0. The van der Waals surface area contributed by atoms with E-state index in [-0.39, 0.29) is 0 Å². The van der Waals surface area contributed by atoms with E-state index in [1.165, 1.54) is 38.9 Å². The molecular weight excluding hydrogens is 198 g/mol. The molecule has 16 heavy (non-hydrogen) atoms. The Kier molecular flexibility index (Phi) is 5.77. The van der Waals surface area contributed by atoms with E-state index in [1.54, 1.807) is 0 Å². The number of hydrogen-bond donors (Lipinski definition) is 1. The summed E-state index contributed by atoms with van der Waals surface area (Å²) in [7, 11) is 0. The molecule has 1 aliphatic heterocycles. The summed E-state index contributed by atoms with van der Waals surface area (Å²) in [5.74, 6) is 0.885. The van der Waals surface area contributed by atoms with Gasteiger partial charge in [0.2, 0.25) is 0 Å². The van der Waals surface area contributed by atoms with E-state index in [2.05, 4.69) is 25.7 Å². The van der Waals surface area contributed by atoms with Crippen LogP contribution in [0.2, 0.25) is 0 Å². The van der Waals surface area contributed by atoms with Crippen molar-refractivity contribution < 1.29 is 5.11 Å². The molecule has 1 rings (SSSR count). The van der Waals surface area contributed by atoms with Crippen molar-refractivity contribution in [2.45, 2.75) is 52.9 Å². The third-order valence-corrected chi connectivity index (χ3v) is 3.93. The second-order valence-corrected chi connectivity index (χ2v) is 6.27. The fraction of sp³-hybridized carbons (Fsp3) is 1.00. The molecule has 0 aromatic heterocycles. The molecule has 1 unspecified atom stereocenters. The number of aliphatic hydroxyl groups is 1. The molecule has 0 aromatic carbocycles. The molecular formula is C14H29NO. The second kappa shape index (κ2) is 6.61. The lowest BCUT2D eigenvalue weighted by atomic mass is 9.77. The summed E-state index contributed by atoms with van der Waals surface area (Å²) >= 11 is 0. The van der Waals surface area contributed by atoms with Crippen molar-refractivity contribution in [1.82, 2.24) is 4.90 Å². The van der Waals surface area contributed by atoms with Crippen molar-refractivity contribution in [2.24, 2.45) is 11.3 Å². The van der Waals surface area contributed by atoms with Crippen LogP contribution in [0.3, 0.4) is 0 Å². The van der Waals surface area contributed by atoms with Crippen LogP contribution in [-0.4, -0.2) is 36.2 Å². The molecule has 1 atom stereocenters. The van der Waals surface area contributed by atoms with Gasteiger partial charge in [-0.05, 0) is 63.1 Å². The van der Waals surface area contributed by atoms with Crippen molar-refractivity contribution in [3.05, 3.63) is 0 Å². The van der Waals surface area contributed by atoms with Gasteiger partial charge in [-0.3, -0.25) is 0 Å². The molecule has 96 valence electrons. The normalized spacial score (nSPS) is 24.4. The smallest absolute Gasteiger partial charge is 0.0431 e. The van der Waals surface area contributed by atoms with Crippen LogP contribution in [0, 0.1) is 11.3 Å². The Bertz CT molecular complexity index is 186. The predicted molar refractivity (Wildman–Crippen MR) is 69.6 cm³/mol. The summed E-state index contributed by atoms with van der Waals surface area (Å²) in [6.07, 6.45) is 6.19. The summed E-state index contributed by atoms with van der Waals surface area (Å²) in [5.41, 5.74) is 0.473. The average molecular weight is 227 g/mol. The molecule has 2 heteroatoms. The number of hydrogen-bond acceptors (Lipinski definition) is 2. The highest BCUT2D eigenvalue weighted by Crippen LogP contribution is 2.34. The van der Waals surface area contributed by atoms with Crippen LogP contribution >= 0.6 is 0 Å². The van der Waals surface area contributed by atoms with Crippen LogP contribution in [0.15, 0.2) is 0 Å². The van der Waals surface area contributed by atoms with Crippen molar-refractivity contribution in [3.8, 4) is 0 Å². The molecule has 1 saturated heterocycles. The first kappa shape index (κ1) is 14.0. The Morgan fingerprint density at radius 1 is 1.12 bits per heavy atom. The molecule has 0 aliphatic carbocycles. The van der Waals surface area contributed by atoms with Crippen molar-refractivity contribution >= 4 is 0 Å². The average Bonchev–Trinajstić information content (AvgIpc) is 2.43. The molecule has 1 N–H and O–H groups in total. The van der Waals surface area contributed by atoms with Gasteiger partial charge < -0.3 is 10.0 Å². The second-order valence-electron chi connectivity index (χ2n) is 6.27. The molecule has 0 radical (unpaired) electrons. The zero-order chi connectivity index (χ0) is 12.0. The Balaban J connectivity index is 2.29. The lowest BCUT2D eigenvalue weighted by molar-refractivity contribution is 0.205. The first-order chi connectivity index (χ1) is 7.54. The third-order valence-electron chi connectivity index (χ3n) is 3.93. The maximum Gasteiger partial charge on any atom is 0.0431 e. The van der Waals surface area contributed by atoms with E-state index >= 15 is 0 Å². The summed E-state index contributed by atoms with van der Waals surface area (Å²) in [4.78, 5) is 2.58. The maximum atomic E-state index is 8.78. The minimum atomic E-state index is 0.346. The number of unbranched alkanes of at least 4 members (excludes halogenated alkanes) is 1. The van der Waals surface area contributed by atoms with Crippen molar-refractivity contribution in [3.63, 3.8) is 0 Å². The fourth-order valence-corrected chi connectivity index (χ4v) is 2.69. The summed E-state index contributed by atoms with van der Waals surface area (Å²) in [5, 5.41) is 8.78. The summed E-state index contributed by atoms with van der Waals surface area (Å²) < 4.78 is 0. The predicted octanol–water partition coefficient (Wildman–Crippen LogP) is 2.91. The van der Waals surface area contributed by atoms with Crippen LogP contribution in [0.1, 0.15) is 52.9 Å². The van der Waals surface area contributed by atoms with Crippen LogP contribution in [-0.2, 0) is 0 Å². The van der Waals surface area contributed by atoms with Gasteiger partial charge in [0.05, 0.1) is 0 Å². The van der Waals surface area contributed by atoms with E-state index < -0.39 is 0 Å². The van der Waals surface area contributed by atoms with Gasteiger partial charge in [0.15, 0.2) is 0 Å². The minimum Gasteiger partial charge on any atom is -0.396 e. The van der Waals surface area contributed by atoms with E-state index in [0.29, 0.717) is 12.0 Å². The topological polar surface area (TPSA) is 23.5 Å².